The number of hydrogen-bond donors (Lipinski definition) is 0. The maximum absolute atomic E-state index is 5.51. The molecule has 1 heterocycles. The maximum atomic E-state index is 5.51. The van der Waals surface area contributed by atoms with Crippen LogP contribution in [0.1, 0.15) is 44.6 Å². The van der Waals surface area contributed by atoms with E-state index in [-0.39, 0.29) is 0 Å². The fourth-order valence-electron chi connectivity index (χ4n) is 3.29. The first-order chi connectivity index (χ1) is 9.20. The Bertz CT molecular complexity index is 544. The van der Waals surface area contributed by atoms with Crippen LogP contribution in [0.4, 0.5) is 0 Å². The number of aromatic nitrogens is 1. The third kappa shape index (κ3) is 2.32. The predicted molar refractivity (Wildman–Crippen MR) is 75.7 cm³/mol. The van der Waals surface area contributed by atoms with Gasteiger partial charge in [-0.05, 0) is 56.6 Å². The highest BCUT2D eigenvalue weighted by Gasteiger charge is 2.44. The minimum atomic E-state index is 0.660. The Labute approximate surface area is 115 Å². The van der Waals surface area contributed by atoms with Crippen molar-refractivity contribution in [3.63, 3.8) is 0 Å². The zero-order chi connectivity index (χ0) is 13.4. The Morgan fingerprint density at radius 1 is 1.37 bits per heavy atom. The van der Waals surface area contributed by atoms with Gasteiger partial charge in [-0.15, -0.1) is 0 Å². The molecule has 100 valence electrons. The number of pyridine rings is 1. The van der Waals surface area contributed by atoms with E-state index in [4.69, 9.17) is 4.84 Å². The molecule has 0 unspecified atom stereocenters. The quantitative estimate of drug-likeness (QED) is 0.754. The summed E-state index contributed by atoms with van der Waals surface area (Å²) in [6.45, 7) is 9.21. The van der Waals surface area contributed by atoms with Gasteiger partial charge in [0.2, 0.25) is 12.4 Å². The standard InChI is InChI=1S/C17H22NO/c1-4-19-18-9-5-6-14(11-18)15-10-16(15)17-12(2)7-8-13(17)3/h5-6,9,11,15-16H,2,4,7-8,10H2,1,3H3/q+1/t15-,16-/m0/s1. The van der Waals surface area contributed by atoms with Crippen molar-refractivity contribution < 1.29 is 9.57 Å². The van der Waals surface area contributed by atoms with Crippen LogP contribution in [-0.4, -0.2) is 6.61 Å². The monoisotopic (exact) mass is 256 g/mol. The molecule has 0 spiro atoms. The third-order valence-electron chi connectivity index (χ3n) is 4.31. The fraction of sp³-hybridized carbons (Fsp3) is 0.471. The van der Waals surface area contributed by atoms with E-state index in [1.54, 1.807) is 11.1 Å². The van der Waals surface area contributed by atoms with Gasteiger partial charge < -0.3 is 0 Å². The lowest BCUT2D eigenvalue weighted by molar-refractivity contribution is -0.891. The van der Waals surface area contributed by atoms with Crippen LogP contribution in [0.5, 0.6) is 0 Å². The van der Waals surface area contributed by atoms with Crippen LogP contribution in [0.2, 0.25) is 0 Å². The highest BCUT2D eigenvalue weighted by Crippen LogP contribution is 2.56. The molecule has 2 nitrogen and oxygen atoms in total. The summed E-state index contributed by atoms with van der Waals surface area (Å²) in [7, 11) is 0. The lowest BCUT2D eigenvalue weighted by atomic mass is 10.0. The van der Waals surface area contributed by atoms with Gasteiger partial charge in [-0.1, -0.05) is 17.7 Å². The Kier molecular flexibility index (Phi) is 3.17. The summed E-state index contributed by atoms with van der Waals surface area (Å²) in [6, 6.07) is 4.29. The first-order valence-electron chi connectivity index (χ1n) is 7.23. The molecule has 1 saturated carbocycles. The van der Waals surface area contributed by atoms with Gasteiger partial charge in [0.05, 0.1) is 0 Å². The molecular formula is C17H22NO+. The van der Waals surface area contributed by atoms with Gasteiger partial charge in [-0.3, -0.25) is 4.84 Å². The molecule has 0 amide bonds. The number of rotatable bonds is 4. The van der Waals surface area contributed by atoms with E-state index in [2.05, 4.69) is 31.8 Å². The summed E-state index contributed by atoms with van der Waals surface area (Å²) >= 11 is 0. The Balaban J connectivity index is 1.78. The van der Waals surface area contributed by atoms with Crippen LogP contribution in [0.15, 0.2) is 47.8 Å². The zero-order valence-corrected chi connectivity index (χ0v) is 11.9. The van der Waals surface area contributed by atoms with Gasteiger partial charge >= 0.3 is 0 Å². The van der Waals surface area contributed by atoms with Crippen molar-refractivity contribution in [2.24, 2.45) is 5.92 Å². The summed E-state index contributed by atoms with van der Waals surface area (Å²) in [5.41, 5.74) is 5.89. The summed E-state index contributed by atoms with van der Waals surface area (Å²) < 4.78 is 1.83. The van der Waals surface area contributed by atoms with Crippen molar-refractivity contribution in [3.8, 4) is 0 Å². The number of allylic oxidation sites excluding steroid dienone is 3. The first-order valence-corrected chi connectivity index (χ1v) is 7.23. The van der Waals surface area contributed by atoms with E-state index in [9.17, 15) is 0 Å². The Hall–Kier alpha value is -1.57. The average Bonchev–Trinajstić information content (AvgIpc) is 3.11. The third-order valence-corrected chi connectivity index (χ3v) is 4.31. The molecule has 2 heteroatoms. The van der Waals surface area contributed by atoms with Crippen LogP contribution in [0, 0.1) is 5.92 Å². The van der Waals surface area contributed by atoms with Gasteiger partial charge in [-0.25, -0.2) is 0 Å². The van der Waals surface area contributed by atoms with Crippen molar-refractivity contribution in [1.29, 1.82) is 0 Å². The molecule has 1 fully saturated rings. The molecule has 3 rings (SSSR count). The molecule has 2 aliphatic carbocycles. The molecule has 0 radical (unpaired) electrons. The van der Waals surface area contributed by atoms with Crippen molar-refractivity contribution in [3.05, 3.63) is 53.4 Å². The molecule has 19 heavy (non-hydrogen) atoms. The van der Waals surface area contributed by atoms with Crippen LogP contribution in [0.25, 0.3) is 0 Å². The highest BCUT2D eigenvalue weighted by atomic mass is 16.7. The van der Waals surface area contributed by atoms with E-state index >= 15 is 0 Å². The van der Waals surface area contributed by atoms with E-state index in [1.165, 1.54) is 24.0 Å². The second kappa shape index (κ2) is 4.84. The smallest absolute Gasteiger partial charge is 0.225 e. The van der Waals surface area contributed by atoms with Crippen LogP contribution in [0.3, 0.4) is 0 Å². The molecule has 0 aliphatic heterocycles. The van der Waals surface area contributed by atoms with Gasteiger partial charge in [0, 0.05) is 16.4 Å². The number of nitrogens with zero attached hydrogens (tertiary/aromatic N) is 1. The summed E-state index contributed by atoms with van der Waals surface area (Å²) in [5, 5.41) is 0. The molecule has 0 bridgehead atoms. The lowest BCUT2D eigenvalue weighted by Gasteiger charge is -2.05. The van der Waals surface area contributed by atoms with E-state index in [1.807, 2.05) is 17.9 Å². The molecule has 1 aromatic heterocycles. The minimum Gasteiger partial charge on any atom is -0.272 e. The van der Waals surface area contributed by atoms with E-state index in [0.717, 1.165) is 6.42 Å². The Morgan fingerprint density at radius 2 is 2.21 bits per heavy atom. The van der Waals surface area contributed by atoms with Gasteiger partial charge in [0.15, 0.2) is 6.61 Å². The van der Waals surface area contributed by atoms with E-state index < -0.39 is 0 Å². The van der Waals surface area contributed by atoms with Crippen molar-refractivity contribution in [2.75, 3.05) is 6.61 Å². The SMILES string of the molecule is C=C1CCC(C)=C1[C@H]1C[C@H]1c1ccc[n+](OCC)c1. The molecule has 2 atom stereocenters. The predicted octanol–water partition coefficient (Wildman–Crippen LogP) is 3.19. The lowest BCUT2D eigenvalue weighted by Crippen LogP contribution is -2.42. The van der Waals surface area contributed by atoms with Crippen molar-refractivity contribution >= 4 is 0 Å². The van der Waals surface area contributed by atoms with E-state index in [0.29, 0.717) is 18.4 Å². The molecular weight excluding hydrogens is 234 g/mol. The molecule has 0 saturated heterocycles. The normalized spacial score (nSPS) is 25.9. The molecule has 2 aliphatic rings. The zero-order valence-electron chi connectivity index (χ0n) is 11.9. The van der Waals surface area contributed by atoms with Gasteiger partial charge in [0.25, 0.3) is 0 Å². The van der Waals surface area contributed by atoms with Crippen LogP contribution < -0.4 is 9.57 Å². The van der Waals surface area contributed by atoms with Gasteiger partial charge in [0.1, 0.15) is 0 Å². The summed E-state index contributed by atoms with van der Waals surface area (Å²) in [6.07, 6.45) is 7.73. The maximum Gasteiger partial charge on any atom is 0.225 e. The molecule has 0 N–H and O–H groups in total. The average molecular weight is 256 g/mol. The fourth-order valence-corrected chi connectivity index (χ4v) is 3.29. The topological polar surface area (TPSA) is 13.1 Å². The number of hydrogen-bond acceptors (Lipinski definition) is 1. The van der Waals surface area contributed by atoms with Crippen molar-refractivity contribution in [2.45, 2.75) is 39.0 Å². The highest BCUT2D eigenvalue weighted by molar-refractivity contribution is 5.46. The van der Waals surface area contributed by atoms with Crippen molar-refractivity contribution in [1.82, 2.24) is 0 Å². The van der Waals surface area contributed by atoms with Gasteiger partial charge in [-0.2, -0.15) is 0 Å². The summed E-state index contributed by atoms with van der Waals surface area (Å²) in [5.74, 6) is 1.36. The minimum absolute atomic E-state index is 0.660. The molecule has 0 aromatic carbocycles. The second-order valence-electron chi connectivity index (χ2n) is 5.66. The second-order valence-corrected chi connectivity index (χ2v) is 5.66. The molecule has 1 aromatic rings. The first kappa shape index (κ1) is 12.5. The van der Waals surface area contributed by atoms with Crippen LogP contribution in [-0.2, 0) is 0 Å². The summed E-state index contributed by atoms with van der Waals surface area (Å²) in [4.78, 5) is 5.51. The van der Waals surface area contributed by atoms with Crippen LogP contribution >= 0.6 is 0 Å². The Morgan fingerprint density at radius 3 is 2.89 bits per heavy atom. The largest absolute Gasteiger partial charge is 0.272 e.